The standard InChI is InChI=1S/C13H15N3O2/c14-12-11(2-1-7-15-12)4-3-10-5-8-16(9-6-10)13(17)18/h1-2,7,10H,5-6,8-9H2,(H2,14,15)(H,17,18). The molecule has 5 heteroatoms. The number of piperidine rings is 1. The van der Waals surface area contributed by atoms with Gasteiger partial charge in [-0.05, 0) is 25.0 Å². The number of hydrogen-bond acceptors (Lipinski definition) is 3. The molecular formula is C13H15N3O2. The molecular weight excluding hydrogens is 230 g/mol. The molecule has 2 rings (SSSR count). The quantitative estimate of drug-likeness (QED) is 0.677. The molecule has 1 aromatic heterocycles. The highest BCUT2D eigenvalue weighted by Crippen LogP contribution is 2.16. The van der Waals surface area contributed by atoms with E-state index >= 15 is 0 Å². The summed E-state index contributed by atoms with van der Waals surface area (Å²) < 4.78 is 0. The Morgan fingerprint density at radius 1 is 1.50 bits per heavy atom. The van der Waals surface area contributed by atoms with E-state index in [4.69, 9.17) is 10.8 Å². The zero-order valence-corrected chi connectivity index (χ0v) is 9.97. The minimum Gasteiger partial charge on any atom is -0.465 e. The Balaban J connectivity index is 1.97. The van der Waals surface area contributed by atoms with E-state index in [1.165, 1.54) is 4.90 Å². The fourth-order valence-electron chi connectivity index (χ4n) is 1.92. The van der Waals surface area contributed by atoms with Crippen molar-refractivity contribution in [2.45, 2.75) is 12.8 Å². The Morgan fingerprint density at radius 3 is 2.83 bits per heavy atom. The molecule has 0 atom stereocenters. The summed E-state index contributed by atoms with van der Waals surface area (Å²) in [5.41, 5.74) is 6.43. The molecule has 5 nitrogen and oxygen atoms in total. The van der Waals surface area contributed by atoms with Crippen LogP contribution in [0.5, 0.6) is 0 Å². The average Bonchev–Trinajstić information content (AvgIpc) is 2.38. The third kappa shape index (κ3) is 2.92. The smallest absolute Gasteiger partial charge is 0.407 e. The average molecular weight is 245 g/mol. The second-order valence-corrected chi connectivity index (χ2v) is 4.25. The summed E-state index contributed by atoms with van der Waals surface area (Å²) in [6.45, 7) is 1.11. The van der Waals surface area contributed by atoms with Crippen molar-refractivity contribution in [2.24, 2.45) is 5.92 Å². The molecule has 0 saturated carbocycles. The molecule has 1 aromatic rings. The summed E-state index contributed by atoms with van der Waals surface area (Å²) in [6, 6.07) is 3.63. The van der Waals surface area contributed by atoms with Gasteiger partial charge in [0.15, 0.2) is 0 Å². The number of nitrogen functional groups attached to an aromatic ring is 1. The molecule has 1 aliphatic heterocycles. The summed E-state index contributed by atoms with van der Waals surface area (Å²) in [7, 11) is 0. The summed E-state index contributed by atoms with van der Waals surface area (Å²) in [5, 5.41) is 8.83. The first-order chi connectivity index (χ1) is 8.66. The van der Waals surface area contributed by atoms with Gasteiger partial charge in [0.1, 0.15) is 5.82 Å². The molecule has 1 fully saturated rings. The lowest BCUT2D eigenvalue weighted by molar-refractivity contribution is 0.130. The van der Waals surface area contributed by atoms with Gasteiger partial charge >= 0.3 is 6.09 Å². The predicted molar refractivity (Wildman–Crippen MR) is 67.8 cm³/mol. The topological polar surface area (TPSA) is 79.5 Å². The molecule has 1 aliphatic rings. The number of carbonyl (C=O) groups is 1. The Morgan fingerprint density at radius 2 is 2.22 bits per heavy atom. The van der Waals surface area contributed by atoms with Crippen molar-refractivity contribution in [1.29, 1.82) is 0 Å². The van der Waals surface area contributed by atoms with Crippen molar-refractivity contribution in [2.75, 3.05) is 18.8 Å². The maximum atomic E-state index is 10.8. The number of anilines is 1. The van der Waals surface area contributed by atoms with Crippen LogP contribution in [0, 0.1) is 17.8 Å². The van der Waals surface area contributed by atoms with Crippen LogP contribution in [-0.2, 0) is 0 Å². The van der Waals surface area contributed by atoms with Crippen LogP contribution in [-0.4, -0.2) is 34.2 Å². The fourth-order valence-corrected chi connectivity index (χ4v) is 1.92. The molecule has 2 heterocycles. The van der Waals surface area contributed by atoms with Gasteiger partial charge in [-0.15, -0.1) is 0 Å². The Labute approximate surface area is 106 Å². The first-order valence-electron chi connectivity index (χ1n) is 5.86. The van der Waals surface area contributed by atoms with Gasteiger partial charge in [-0.25, -0.2) is 9.78 Å². The van der Waals surface area contributed by atoms with Crippen LogP contribution in [0.15, 0.2) is 18.3 Å². The highest BCUT2D eigenvalue weighted by Gasteiger charge is 2.20. The van der Waals surface area contributed by atoms with Gasteiger partial charge in [0.25, 0.3) is 0 Å². The van der Waals surface area contributed by atoms with Crippen LogP contribution in [0.25, 0.3) is 0 Å². The molecule has 0 radical (unpaired) electrons. The lowest BCUT2D eigenvalue weighted by Gasteiger charge is -2.27. The van der Waals surface area contributed by atoms with Crippen molar-refractivity contribution in [3.05, 3.63) is 23.9 Å². The van der Waals surface area contributed by atoms with Gasteiger partial charge in [0.05, 0.1) is 5.56 Å². The van der Waals surface area contributed by atoms with Crippen LogP contribution in [0.4, 0.5) is 10.6 Å². The number of nitrogens with zero attached hydrogens (tertiary/aromatic N) is 2. The molecule has 18 heavy (non-hydrogen) atoms. The summed E-state index contributed by atoms with van der Waals surface area (Å²) in [6.07, 6.45) is 2.34. The zero-order valence-electron chi connectivity index (χ0n) is 9.97. The number of amides is 1. The van der Waals surface area contributed by atoms with Gasteiger partial charge < -0.3 is 15.7 Å². The molecule has 0 aromatic carbocycles. The van der Waals surface area contributed by atoms with E-state index in [1.54, 1.807) is 12.3 Å². The number of carboxylic acid groups (broad SMARTS) is 1. The van der Waals surface area contributed by atoms with Gasteiger partial charge in [0.2, 0.25) is 0 Å². The number of pyridine rings is 1. The maximum absolute atomic E-state index is 10.8. The first kappa shape index (κ1) is 12.2. The van der Waals surface area contributed by atoms with E-state index < -0.39 is 6.09 Å². The van der Waals surface area contributed by atoms with Gasteiger partial charge in [0, 0.05) is 25.2 Å². The van der Waals surface area contributed by atoms with Crippen molar-refractivity contribution < 1.29 is 9.90 Å². The third-order valence-corrected chi connectivity index (χ3v) is 3.01. The Kier molecular flexibility index (Phi) is 3.68. The molecule has 1 amide bonds. The number of hydrogen-bond donors (Lipinski definition) is 2. The molecule has 0 aliphatic carbocycles. The summed E-state index contributed by atoms with van der Waals surface area (Å²) >= 11 is 0. The molecule has 0 unspecified atom stereocenters. The molecule has 94 valence electrons. The highest BCUT2D eigenvalue weighted by molar-refractivity contribution is 5.65. The number of likely N-dealkylation sites (tertiary alicyclic amines) is 1. The number of aromatic nitrogens is 1. The van der Waals surface area contributed by atoms with Gasteiger partial charge in [-0.1, -0.05) is 11.8 Å². The monoisotopic (exact) mass is 245 g/mol. The van der Waals surface area contributed by atoms with Gasteiger partial charge in [-0.2, -0.15) is 0 Å². The van der Waals surface area contributed by atoms with Gasteiger partial charge in [-0.3, -0.25) is 0 Å². The third-order valence-electron chi connectivity index (χ3n) is 3.01. The molecule has 1 saturated heterocycles. The number of rotatable bonds is 0. The number of nitrogens with two attached hydrogens (primary N) is 1. The van der Waals surface area contributed by atoms with Crippen molar-refractivity contribution >= 4 is 11.9 Å². The second kappa shape index (κ2) is 5.41. The normalized spacial score (nSPS) is 15.9. The zero-order chi connectivity index (χ0) is 13.0. The summed E-state index contributed by atoms with van der Waals surface area (Å²) in [4.78, 5) is 16.1. The Bertz CT molecular complexity index is 496. The molecule has 0 spiro atoms. The van der Waals surface area contributed by atoms with Crippen LogP contribution >= 0.6 is 0 Å². The van der Waals surface area contributed by atoms with Crippen LogP contribution in [0.1, 0.15) is 18.4 Å². The molecule has 3 N–H and O–H groups in total. The van der Waals surface area contributed by atoms with Crippen LogP contribution < -0.4 is 5.73 Å². The van der Waals surface area contributed by atoms with Crippen molar-refractivity contribution in [3.8, 4) is 11.8 Å². The SMILES string of the molecule is Nc1ncccc1C#CC1CCN(C(=O)O)CC1. The molecule has 0 bridgehead atoms. The minimum atomic E-state index is -0.849. The van der Waals surface area contributed by atoms with Crippen molar-refractivity contribution in [1.82, 2.24) is 9.88 Å². The lowest BCUT2D eigenvalue weighted by Crippen LogP contribution is -2.37. The van der Waals surface area contributed by atoms with E-state index in [0.29, 0.717) is 18.9 Å². The predicted octanol–water partition coefficient (Wildman–Crippen LogP) is 1.41. The van der Waals surface area contributed by atoms with E-state index in [2.05, 4.69) is 16.8 Å². The van der Waals surface area contributed by atoms with Crippen LogP contribution in [0.2, 0.25) is 0 Å². The fraction of sp³-hybridized carbons (Fsp3) is 0.385. The van der Waals surface area contributed by atoms with E-state index in [1.807, 2.05) is 6.07 Å². The van der Waals surface area contributed by atoms with Crippen molar-refractivity contribution in [3.63, 3.8) is 0 Å². The lowest BCUT2D eigenvalue weighted by atomic mass is 9.97. The highest BCUT2D eigenvalue weighted by atomic mass is 16.4. The van der Waals surface area contributed by atoms with E-state index in [9.17, 15) is 4.79 Å². The summed E-state index contributed by atoms with van der Waals surface area (Å²) in [5.74, 6) is 6.85. The second-order valence-electron chi connectivity index (χ2n) is 4.25. The first-order valence-corrected chi connectivity index (χ1v) is 5.86. The van der Waals surface area contributed by atoms with E-state index in [0.717, 1.165) is 18.4 Å². The Hall–Kier alpha value is -2.22. The maximum Gasteiger partial charge on any atom is 0.407 e. The largest absolute Gasteiger partial charge is 0.465 e. The van der Waals surface area contributed by atoms with Crippen LogP contribution in [0.3, 0.4) is 0 Å². The minimum absolute atomic E-state index is 0.236. The van der Waals surface area contributed by atoms with E-state index in [-0.39, 0.29) is 5.92 Å².